The van der Waals surface area contributed by atoms with Crippen molar-refractivity contribution >= 4 is 5.97 Å². The zero-order valence-corrected chi connectivity index (χ0v) is 20.3. The molecule has 0 saturated carbocycles. The average molecular weight is 460 g/mol. The molecule has 3 aromatic rings. The average Bonchev–Trinajstić information content (AvgIpc) is 3.29. The van der Waals surface area contributed by atoms with Crippen molar-refractivity contribution in [2.75, 3.05) is 13.3 Å². The van der Waals surface area contributed by atoms with Crippen molar-refractivity contribution in [3.63, 3.8) is 0 Å². The van der Waals surface area contributed by atoms with Crippen molar-refractivity contribution in [3.8, 4) is 22.6 Å². The summed E-state index contributed by atoms with van der Waals surface area (Å²) in [5.41, 5.74) is 4.24. The smallest absolute Gasteiger partial charge is 0.320 e. The Morgan fingerprint density at radius 3 is 2.32 bits per heavy atom. The highest BCUT2D eigenvalue weighted by Gasteiger charge is 2.23. The van der Waals surface area contributed by atoms with E-state index in [0.717, 1.165) is 23.5 Å². The van der Waals surface area contributed by atoms with Gasteiger partial charge in [-0.25, -0.2) is 0 Å². The number of benzene rings is 3. The van der Waals surface area contributed by atoms with Gasteiger partial charge in [-0.05, 0) is 68.5 Å². The summed E-state index contributed by atoms with van der Waals surface area (Å²) in [6, 6.07) is 25.2. The lowest BCUT2D eigenvalue weighted by Gasteiger charge is -2.27. The zero-order chi connectivity index (χ0) is 24.1. The Balaban J connectivity index is 1.54. The topological polar surface area (TPSA) is 56.8 Å². The van der Waals surface area contributed by atoms with Crippen LogP contribution >= 0.6 is 0 Å². The molecular weight excluding hydrogens is 426 g/mol. The van der Waals surface area contributed by atoms with E-state index in [1.807, 2.05) is 51.1 Å². The molecule has 0 fully saturated rings. The van der Waals surface area contributed by atoms with E-state index >= 15 is 0 Å². The molecule has 0 radical (unpaired) electrons. The van der Waals surface area contributed by atoms with Gasteiger partial charge in [0, 0.05) is 12.0 Å². The maximum Gasteiger partial charge on any atom is 0.320 e. The molecule has 5 heteroatoms. The minimum Gasteiger partial charge on any atom is -0.459 e. The van der Waals surface area contributed by atoms with E-state index < -0.39 is 5.60 Å². The van der Waals surface area contributed by atoms with Crippen LogP contribution in [-0.2, 0) is 16.0 Å². The predicted molar refractivity (Wildman–Crippen MR) is 134 cm³/mol. The van der Waals surface area contributed by atoms with Gasteiger partial charge < -0.3 is 19.5 Å². The highest BCUT2D eigenvalue weighted by Crippen LogP contribution is 2.35. The predicted octanol–water partition coefficient (Wildman–Crippen LogP) is 5.73. The van der Waals surface area contributed by atoms with E-state index in [1.54, 1.807) is 0 Å². The molecule has 0 bridgehead atoms. The Hall–Kier alpha value is -3.31. The van der Waals surface area contributed by atoms with Crippen molar-refractivity contribution in [1.29, 1.82) is 0 Å². The maximum absolute atomic E-state index is 12.3. The Bertz CT molecular complexity index is 1100. The fourth-order valence-corrected chi connectivity index (χ4v) is 4.22. The number of rotatable bonds is 8. The molecular formula is C29H33NO4. The standard InChI is InChI=1S/C29H33NO4/c1-20(30-18-28(31)34-29(2,3)4)25(16-21-10-15-26-27(17-21)33-19-32-26)24-13-11-23(12-14-24)22-8-6-5-7-9-22/h5-15,17,20,25,30H,16,18-19H2,1-4H3. The Labute approximate surface area is 202 Å². The molecule has 2 atom stereocenters. The molecule has 34 heavy (non-hydrogen) atoms. The molecule has 3 aromatic carbocycles. The molecule has 0 saturated heterocycles. The number of nitrogens with one attached hydrogen (secondary N) is 1. The molecule has 1 N–H and O–H groups in total. The third-order valence-corrected chi connectivity index (χ3v) is 5.93. The summed E-state index contributed by atoms with van der Waals surface area (Å²) in [5.74, 6) is 1.46. The first-order chi connectivity index (χ1) is 16.3. The summed E-state index contributed by atoms with van der Waals surface area (Å²) in [7, 11) is 0. The number of hydrogen-bond donors (Lipinski definition) is 1. The largest absolute Gasteiger partial charge is 0.459 e. The van der Waals surface area contributed by atoms with Crippen LogP contribution in [0.5, 0.6) is 11.5 Å². The Morgan fingerprint density at radius 2 is 1.62 bits per heavy atom. The van der Waals surface area contributed by atoms with Crippen molar-refractivity contribution < 1.29 is 19.0 Å². The van der Waals surface area contributed by atoms with Gasteiger partial charge in [-0.15, -0.1) is 0 Å². The second kappa shape index (κ2) is 10.3. The van der Waals surface area contributed by atoms with Crippen LogP contribution in [0, 0.1) is 0 Å². The van der Waals surface area contributed by atoms with Crippen LogP contribution in [0.3, 0.4) is 0 Å². The highest BCUT2D eigenvalue weighted by molar-refractivity contribution is 5.72. The molecule has 1 heterocycles. The van der Waals surface area contributed by atoms with Crippen LogP contribution in [0.15, 0.2) is 72.8 Å². The quantitative estimate of drug-likeness (QED) is 0.436. The Kier molecular flexibility index (Phi) is 7.23. The van der Waals surface area contributed by atoms with Crippen LogP contribution < -0.4 is 14.8 Å². The third kappa shape index (κ3) is 6.17. The van der Waals surface area contributed by atoms with E-state index in [0.29, 0.717) is 0 Å². The van der Waals surface area contributed by atoms with Gasteiger partial charge in [0.1, 0.15) is 5.60 Å². The summed E-state index contributed by atoms with van der Waals surface area (Å²) >= 11 is 0. The second-order valence-electron chi connectivity index (χ2n) is 9.74. The van der Waals surface area contributed by atoms with Crippen molar-refractivity contribution in [2.45, 2.75) is 51.7 Å². The SMILES string of the molecule is CC(NCC(=O)OC(C)(C)C)C(Cc1ccc2c(c1)OCO2)c1ccc(-c2ccccc2)cc1. The lowest BCUT2D eigenvalue weighted by Crippen LogP contribution is -2.39. The van der Waals surface area contributed by atoms with Gasteiger partial charge in [-0.3, -0.25) is 4.79 Å². The molecule has 0 aliphatic carbocycles. The molecule has 0 spiro atoms. The fourth-order valence-electron chi connectivity index (χ4n) is 4.22. The summed E-state index contributed by atoms with van der Waals surface area (Å²) < 4.78 is 16.5. The van der Waals surface area contributed by atoms with E-state index in [2.05, 4.69) is 54.7 Å². The first-order valence-corrected chi connectivity index (χ1v) is 11.8. The van der Waals surface area contributed by atoms with Crippen LogP contribution in [0.1, 0.15) is 44.7 Å². The highest BCUT2D eigenvalue weighted by atomic mass is 16.7. The van der Waals surface area contributed by atoms with Crippen molar-refractivity contribution in [3.05, 3.63) is 83.9 Å². The number of ether oxygens (including phenoxy) is 3. The lowest BCUT2D eigenvalue weighted by molar-refractivity contribution is -0.153. The number of esters is 1. The monoisotopic (exact) mass is 459 g/mol. The first-order valence-electron chi connectivity index (χ1n) is 11.8. The van der Waals surface area contributed by atoms with E-state index in [1.165, 1.54) is 16.7 Å². The minimum atomic E-state index is -0.499. The second-order valence-corrected chi connectivity index (χ2v) is 9.74. The molecule has 2 unspecified atom stereocenters. The molecule has 5 nitrogen and oxygen atoms in total. The van der Waals surface area contributed by atoms with Crippen LogP contribution in [-0.4, -0.2) is 30.9 Å². The summed E-state index contributed by atoms with van der Waals surface area (Å²) in [6.07, 6.45) is 0.795. The minimum absolute atomic E-state index is 0.0421. The van der Waals surface area contributed by atoms with Gasteiger partial charge in [0.2, 0.25) is 6.79 Å². The van der Waals surface area contributed by atoms with Crippen molar-refractivity contribution in [2.24, 2.45) is 0 Å². The summed E-state index contributed by atoms with van der Waals surface area (Å²) in [4.78, 5) is 12.3. The molecule has 1 aliphatic heterocycles. The van der Waals surface area contributed by atoms with Crippen LogP contribution in [0.4, 0.5) is 0 Å². The van der Waals surface area contributed by atoms with Gasteiger partial charge >= 0.3 is 5.97 Å². The van der Waals surface area contributed by atoms with E-state index in [9.17, 15) is 4.79 Å². The van der Waals surface area contributed by atoms with Crippen LogP contribution in [0.25, 0.3) is 11.1 Å². The fraction of sp³-hybridized carbons (Fsp3) is 0.345. The molecule has 0 aromatic heterocycles. The lowest BCUT2D eigenvalue weighted by atomic mass is 9.85. The number of hydrogen-bond acceptors (Lipinski definition) is 5. The van der Waals surface area contributed by atoms with Gasteiger partial charge in [0.25, 0.3) is 0 Å². The van der Waals surface area contributed by atoms with Gasteiger partial charge in [0.05, 0.1) is 6.54 Å². The number of carbonyl (C=O) groups excluding carboxylic acids is 1. The third-order valence-electron chi connectivity index (χ3n) is 5.93. The summed E-state index contributed by atoms with van der Waals surface area (Å²) in [6.45, 7) is 8.18. The number of fused-ring (bicyclic) bond motifs is 1. The zero-order valence-electron chi connectivity index (χ0n) is 20.3. The van der Waals surface area contributed by atoms with E-state index in [-0.39, 0.29) is 31.3 Å². The number of carbonyl (C=O) groups is 1. The molecule has 0 amide bonds. The first kappa shape index (κ1) is 23.8. The van der Waals surface area contributed by atoms with Crippen molar-refractivity contribution in [1.82, 2.24) is 5.32 Å². The maximum atomic E-state index is 12.3. The molecule has 4 rings (SSSR count). The van der Waals surface area contributed by atoms with Gasteiger partial charge in [0.15, 0.2) is 11.5 Å². The van der Waals surface area contributed by atoms with Crippen LogP contribution in [0.2, 0.25) is 0 Å². The van der Waals surface area contributed by atoms with E-state index in [4.69, 9.17) is 14.2 Å². The normalized spacial score (nSPS) is 14.5. The Morgan fingerprint density at radius 1 is 0.941 bits per heavy atom. The van der Waals surface area contributed by atoms with Gasteiger partial charge in [-0.1, -0.05) is 60.7 Å². The van der Waals surface area contributed by atoms with Gasteiger partial charge in [-0.2, -0.15) is 0 Å². The summed E-state index contributed by atoms with van der Waals surface area (Å²) in [5, 5.41) is 3.39. The molecule has 1 aliphatic rings. The molecule has 178 valence electrons.